The van der Waals surface area contributed by atoms with Crippen molar-refractivity contribution in [3.05, 3.63) is 29.6 Å². The van der Waals surface area contributed by atoms with Gasteiger partial charge in [-0.1, -0.05) is 6.07 Å². The van der Waals surface area contributed by atoms with Crippen molar-refractivity contribution in [2.24, 2.45) is 7.05 Å². The normalized spacial score (nSPS) is 11.1. The van der Waals surface area contributed by atoms with E-state index in [9.17, 15) is 0 Å². The average molecular weight is 192 g/mol. The number of imidazole rings is 1. The van der Waals surface area contributed by atoms with Crippen LogP contribution < -0.4 is 0 Å². The first-order valence-corrected chi connectivity index (χ1v) is 4.42. The summed E-state index contributed by atoms with van der Waals surface area (Å²) in [6.07, 6.45) is 0. The van der Waals surface area contributed by atoms with Gasteiger partial charge in [-0.2, -0.15) is 0 Å². The predicted octanol–water partition coefficient (Wildman–Crippen LogP) is 0.558. The van der Waals surface area contributed by atoms with Crippen LogP contribution in [0.5, 0.6) is 0 Å². The van der Waals surface area contributed by atoms with Crippen LogP contribution in [0.1, 0.15) is 11.4 Å². The number of aromatic nitrogens is 2. The summed E-state index contributed by atoms with van der Waals surface area (Å²) in [5.74, 6) is 0.634. The minimum atomic E-state index is -0.0698. The number of benzene rings is 1. The second-order valence-electron chi connectivity index (χ2n) is 3.23. The summed E-state index contributed by atoms with van der Waals surface area (Å²) in [4.78, 5) is 4.24. The maximum atomic E-state index is 9.01. The zero-order chi connectivity index (χ0) is 10.1. The smallest absolute Gasteiger partial charge is 0.135 e. The molecule has 1 heterocycles. The van der Waals surface area contributed by atoms with Crippen LogP contribution in [0.2, 0.25) is 0 Å². The molecule has 0 spiro atoms. The Morgan fingerprint density at radius 3 is 2.71 bits per heavy atom. The van der Waals surface area contributed by atoms with E-state index in [2.05, 4.69) is 4.98 Å². The Labute approximate surface area is 81.4 Å². The van der Waals surface area contributed by atoms with Gasteiger partial charge in [0.2, 0.25) is 0 Å². The van der Waals surface area contributed by atoms with Gasteiger partial charge in [0.25, 0.3) is 0 Å². The van der Waals surface area contributed by atoms with Gasteiger partial charge >= 0.3 is 0 Å². The summed E-state index contributed by atoms with van der Waals surface area (Å²) in [6.45, 7) is -0.0549. The molecule has 0 bridgehead atoms. The Hall–Kier alpha value is -1.39. The molecular weight excluding hydrogens is 180 g/mol. The highest BCUT2D eigenvalue weighted by atomic mass is 16.3. The van der Waals surface area contributed by atoms with Crippen LogP contribution in [0.25, 0.3) is 11.0 Å². The van der Waals surface area contributed by atoms with Crippen molar-refractivity contribution >= 4 is 11.0 Å². The molecule has 4 heteroatoms. The summed E-state index contributed by atoms with van der Waals surface area (Å²) >= 11 is 0. The van der Waals surface area contributed by atoms with E-state index < -0.39 is 0 Å². The standard InChI is InChI=1S/C10H12N2O2/c1-12-9-3-2-7(5-13)4-8(9)11-10(12)6-14/h2-4,13-14H,5-6H2,1H3. The third-order valence-electron chi connectivity index (χ3n) is 2.36. The highest BCUT2D eigenvalue weighted by molar-refractivity contribution is 5.76. The molecule has 1 aromatic carbocycles. The molecular formula is C10H12N2O2. The van der Waals surface area contributed by atoms with E-state index >= 15 is 0 Å². The average Bonchev–Trinajstić information content (AvgIpc) is 2.55. The lowest BCUT2D eigenvalue weighted by Crippen LogP contribution is -1.96. The summed E-state index contributed by atoms with van der Waals surface area (Å²) in [6, 6.07) is 5.58. The fourth-order valence-electron chi connectivity index (χ4n) is 1.54. The number of hydrogen-bond donors (Lipinski definition) is 2. The second-order valence-corrected chi connectivity index (χ2v) is 3.23. The quantitative estimate of drug-likeness (QED) is 0.730. The summed E-state index contributed by atoms with van der Waals surface area (Å²) < 4.78 is 1.84. The zero-order valence-corrected chi connectivity index (χ0v) is 7.94. The van der Waals surface area contributed by atoms with Crippen molar-refractivity contribution in [1.29, 1.82) is 0 Å². The lowest BCUT2D eigenvalue weighted by Gasteiger charge is -1.98. The first kappa shape index (κ1) is 9.18. The van der Waals surface area contributed by atoms with Gasteiger partial charge in [-0.05, 0) is 17.7 Å². The van der Waals surface area contributed by atoms with Crippen molar-refractivity contribution in [3.8, 4) is 0 Å². The van der Waals surface area contributed by atoms with Crippen LogP contribution in [0.15, 0.2) is 18.2 Å². The molecule has 0 radical (unpaired) electrons. The van der Waals surface area contributed by atoms with Gasteiger partial charge in [0.1, 0.15) is 12.4 Å². The van der Waals surface area contributed by atoms with Gasteiger partial charge in [0, 0.05) is 7.05 Å². The first-order chi connectivity index (χ1) is 6.76. The molecule has 2 N–H and O–H groups in total. The molecule has 0 saturated heterocycles. The highest BCUT2D eigenvalue weighted by Gasteiger charge is 2.06. The number of nitrogens with zero attached hydrogens (tertiary/aromatic N) is 2. The molecule has 0 amide bonds. The fourth-order valence-corrected chi connectivity index (χ4v) is 1.54. The Kier molecular flexibility index (Phi) is 2.23. The van der Waals surface area contributed by atoms with E-state index in [0.717, 1.165) is 16.6 Å². The number of aryl methyl sites for hydroxylation is 1. The van der Waals surface area contributed by atoms with E-state index in [1.54, 1.807) is 0 Å². The Balaban J connectivity index is 2.66. The molecule has 0 fully saturated rings. The third kappa shape index (κ3) is 1.29. The van der Waals surface area contributed by atoms with Gasteiger partial charge in [-0.25, -0.2) is 4.98 Å². The Morgan fingerprint density at radius 1 is 1.29 bits per heavy atom. The maximum Gasteiger partial charge on any atom is 0.135 e. The summed E-state index contributed by atoms with van der Waals surface area (Å²) in [5.41, 5.74) is 2.61. The van der Waals surface area contributed by atoms with Crippen molar-refractivity contribution in [3.63, 3.8) is 0 Å². The maximum absolute atomic E-state index is 9.01. The van der Waals surface area contributed by atoms with Crippen LogP contribution in [0.4, 0.5) is 0 Å². The molecule has 0 unspecified atom stereocenters. The van der Waals surface area contributed by atoms with Crippen molar-refractivity contribution in [2.45, 2.75) is 13.2 Å². The van der Waals surface area contributed by atoms with E-state index in [4.69, 9.17) is 10.2 Å². The largest absolute Gasteiger partial charge is 0.392 e. The lowest BCUT2D eigenvalue weighted by atomic mass is 10.2. The highest BCUT2D eigenvalue weighted by Crippen LogP contribution is 2.16. The predicted molar refractivity (Wildman–Crippen MR) is 52.6 cm³/mol. The Bertz CT molecular complexity index is 462. The molecule has 4 nitrogen and oxygen atoms in total. The molecule has 74 valence electrons. The molecule has 14 heavy (non-hydrogen) atoms. The minimum absolute atomic E-state index is 0.0149. The van der Waals surface area contributed by atoms with E-state index in [1.165, 1.54) is 0 Å². The second kappa shape index (κ2) is 3.40. The molecule has 0 aliphatic carbocycles. The summed E-state index contributed by atoms with van der Waals surface area (Å²) in [5, 5.41) is 18.0. The first-order valence-electron chi connectivity index (χ1n) is 4.42. The third-order valence-corrected chi connectivity index (χ3v) is 2.36. The van der Waals surface area contributed by atoms with Gasteiger partial charge in [-0.15, -0.1) is 0 Å². The lowest BCUT2D eigenvalue weighted by molar-refractivity contribution is 0.268. The van der Waals surface area contributed by atoms with E-state index in [1.807, 2.05) is 29.8 Å². The van der Waals surface area contributed by atoms with Crippen LogP contribution in [-0.4, -0.2) is 19.8 Å². The van der Waals surface area contributed by atoms with Crippen molar-refractivity contribution < 1.29 is 10.2 Å². The van der Waals surface area contributed by atoms with Crippen LogP contribution in [-0.2, 0) is 20.3 Å². The van der Waals surface area contributed by atoms with Crippen LogP contribution in [0.3, 0.4) is 0 Å². The van der Waals surface area contributed by atoms with Gasteiger partial charge in [0.15, 0.2) is 0 Å². The molecule has 2 aromatic rings. The van der Waals surface area contributed by atoms with Crippen LogP contribution in [0, 0.1) is 0 Å². The SMILES string of the molecule is Cn1c(CO)nc2cc(CO)ccc21. The monoisotopic (exact) mass is 192 g/mol. The number of rotatable bonds is 2. The topological polar surface area (TPSA) is 58.3 Å². The van der Waals surface area contributed by atoms with Crippen molar-refractivity contribution in [1.82, 2.24) is 9.55 Å². The fraction of sp³-hybridized carbons (Fsp3) is 0.300. The number of hydrogen-bond acceptors (Lipinski definition) is 3. The minimum Gasteiger partial charge on any atom is -0.392 e. The van der Waals surface area contributed by atoms with E-state index in [0.29, 0.717) is 5.82 Å². The molecule has 0 aliphatic heterocycles. The van der Waals surface area contributed by atoms with Gasteiger partial charge in [0.05, 0.1) is 17.6 Å². The zero-order valence-electron chi connectivity index (χ0n) is 7.94. The number of fused-ring (bicyclic) bond motifs is 1. The van der Waals surface area contributed by atoms with Crippen molar-refractivity contribution in [2.75, 3.05) is 0 Å². The number of aliphatic hydroxyl groups excluding tert-OH is 2. The van der Waals surface area contributed by atoms with Gasteiger partial charge < -0.3 is 14.8 Å². The molecule has 0 aliphatic rings. The summed E-state index contributed by atoms with van der Waals surface area (Å²) in [7, 11) is 1.86. The molecule has 0 atom stereocenters. The molecule has 2 rings (SSSR count). The van der Waals surface area contributed by atoms with Gasteiger partial charge in [-0.3, -0.25) is 0 Å². The van der Waals surface area contributed by atoms with Crippen LogP contribution >= 0.6 is 0 Å². The number of aliphatic hydroxyl groups is 2. The van der Waals surface area contributed by atoms with E-state index in [-0.39, 0.29) is 13.2 Å². The molecule has 0 saturated carbocycles. The Morgan fingerprint density at radius 2 is 2.07 bits per heavy atom. The molecule has 1 aromatic heterocycles.